The van der Waals surface area contributed by atoms with E-state index in [1.54, 1.807) is 0 Å². The minimum absolute atomic E-state index is 0.177. The van der Waals surface area contributed by atoms with Gasteiger partial charge in [-0.15, -0.1) is 0 Å². The number of hydrogen-bond donors (Lipinski definition) is 1. The summed E-state index contributed by atoms with van der Waals surface area (Å²) in [5.74, 6) is 0.494. The molecule has 1 aromatic rings. The highest BCUT2D eigenvalue weighted by atomic mass is 16.5. The Morgan fingerprint density at radius 3 is 2.60 bits per heavy atom. The van der Waals surface area contributed by atoms with Gasteiger partial charge in [0.05, 0.1) is 18.8 Å². The number of aliphatic hydroxyl groups is 1. The fraction of sp³-hybridized carbons (Fsp3) is 0.647. The van der Waals surface area contributed by atoms with Gasteiger partial charge in [-0.05, 0) is 44.4 Å². The number of hydrogen-bond acceptors (Lipinski definition) is 3. The van der Waals surface area contributed by atoms with Crippen molar-refractivity contribution >= 4 is 0 Å². The first-order valence-electron chi connectivity index (χ1n) is 7.59. The Bertz CT molecular complexity index is 433. The zero-order chi connectivity index (χ0) is 14.7. The zero-order valence-corrected chi connectivity index (χ0v) is 13.0. The van der Waals surface area contributed by atoms with Crippen molar-refractivity contribution in [2.24, 2.45) is 0 Å². The van der Waals surface area contributed by atoms with Gasteiger partial charge in [0.25, 0.3) is 0 Å². The molecule has 0 fully saturated rings. The van der Waals surface area contributed by atoms with Crippen LogP contribution in [0.15, 0.2) is 24.3 Å². The Hall–Kier alpha value is -0.900. The minimum Gasteiger partial charge on any atom is -0.387 e. The van der Waals surface area contributed by atoms with Crippen molar-refractivity contribution in [3.63, 3.8) is 0 Å². The Balaban J connectivity index is 2.03. The van der Waals surface area contributed by atoms with E-state index in [0.29, 0.717) is 12.5 Å². The Kier molecular flexibility index (Phi) is 5.19. The van der Waals surface area contributed by atoms with Crippen molar-refractivity contribution in [1.29, 1.82) is 0 Å². The van der Waals surface area contributed by atoms with Crippen LogP contribution in [0.5, 0.6) is 0 Å². The molecule has 1 aliphatic carbocycles. The van der Waals surface area contributed by atoms with Crippen LogP contribution in [0.4, 0.5) is 0 Å². The third kappa shape index (κ3) is 3.40. The van der Waals surface area contributed by atoms with Crippen LogP contribution in [0, 0.1) is 0 Å². The van der Waals surface area contributed by atoms with Crippen LogP contribution in [0.2, 0.25) is 0 Å². The average molecular weight is 277 g/mol. The third-order valence-electron chi connectivity index (χ3n) is 4.27. The molecule has 3 nitrogen and oxygen atoms in total. The first-order chi connectivity index (χ1) is 9.50. The second-order valence-electron chi connectivity index (χ2n) is 6.18. The Morgan fingerprint density at radius 2 is 1.95 bits per heavy atom. The van der Waals surface area contributed by atoms with Gasteiger partial charge in [0.2, 0.25) is 0 Å². The highest BCUT2D eigenvalue weighted by Gasteiger charge is 2.33. The minimum atomic E-state index is -0.397. The normalized spacial score (nSPS) is 26.1. The van der Waals surface area contributed by atoms with Gasteiger partial charge in [-0.2, -0.15) is 0 Å². The molecular formula is C17H27NO2. The van der Waals surface area contributed by atoms with Gasteiger partial charge >= 0.3 is 0 Å². The van der Waals surface area contributed by atoms with Gasteiger partial charge in [0.15, 0.2) is 0 Å². The number of benzene rings is 1. The van der Waals surface area contributed by atoms with E-state index in [2.05, 4.69) is 37.1 Å². The van der Waals surface area contributed by atoms with Gasteiger partial charge in [-0.25, -0.2) is 0 Å². The molecule has 1 N–H and O–H groups in total. The van der Waals surface area contributed by atoms with E-state index in [1.165, 1.54) is 5.56 Å². The molecule has 0 saturated heterocycles. The van der Waals surface area contributed by atoms with Crippen LogP contribution in [0.1, 0.15) is 50.3 Å². The summed E-state index contributed by atoms with van der Waals surface area (Å²) >= 11 is 0. The second kappa shape index (κ2) is 6.70. The lowest BCUT2D eigenvalue weighted by molar-refractivity contribution is 0.0139. The summed E-state index contributed by atoms with van der Waals surface area (Å²) in [5.41, 5.74) is 2.39. The van der Waals surface area contributed by atoms with Crippen molar-refractivity contribution in [2.75, 3.05) is 20.2 Å². The first kappa shape index (κ1) is 15.5. The quantitative estimate of drug-likeness (QED) is 0.898. The molecule has 0 aliphatic heterocycles. The standard InChI is InChI=1S/C17H27NO2/c1-12(2)20-10-9-18(4)16-11-13(3)14-7-5-6-8-15(14)17(16)19/h5-8,12-13,16-17,19H,9-11H2,1-4H3. The van der Waals surface area contributed by atoms with E-state index in [4.69, 9.17) is 4.74 Å². The summed E-state index contributed by atoms with van der Waals surface area (Å²) in [5, 5.41) is 10.6. The highest BCUT2D eigenvalue weighted by Crippen LogP contribution is 2.39. The van der Waals surface area contributed by atoms with E-state index in [0.717, 1.165) is 18.5 Å². The Morgan fingerprint density at radius 1 is 1.30 bits per heavy atom. The lowest BCUT2D eigenvalue weighted by Crippen LogP contribution is -2.42. The van der Waals surface area contributed by atoms with Crippen LogP contribution in [-0.2, 0) is 4.74 Å². The number of rotatable bonds is 5. The topological polar surface area (TPSA) is 32.7 Å². The zero-order valence-electron chi connectivity index (χ0n) is 13.0. The predicted molar refractivity (Wildman–Crippen MR) is 81.9 cm³/mol. The van der Waals surface area contributed by atoms with Crippen LogP contribution >= 0.6 is 0 Å². The number of nitrogens with zero attached hydrogens (tertiary/aromatic N) is 1. The molecule has 0 aromatic heterocycles. The maximum Gasteiger partial charge on any atom is 0.0948 e. The number of aliphatic hydroxyl groups excluding tert-OH is 1. The summed E-state index contributed by atoms with van der Waals surface area (Å²) in [6.07, 6.45) is 0.863. The second-order valence-corrected chi connectivity index (χ2v) is 6.18. The summed E-state index contributed by atoms with van der Waals surface area (Å²) in [7, 11) is 2.08. The van der Waals surface area contributed by atoms with Crippen molar-refractivity contribution in [2.45, 2.75) is 51.4 Å². The average Bonchev–Trinajstić information content (AvgIpc) is 2.42. The monoisotopic (exact) mass is 277 g/mol. The molecule has 0 bridgehead atoms. The molecule has 2 rings (SSSR count). The van der Waals surface area contributed by atoms with Crippen molar-refractivity contribution < 1.29 is 9.84 Å². The molecule has 112 valence electrons. The highest BCUT2D eigenvalue weighted by molar-refractivity contribution is 5.35. The van der Waals surface area contributed by atoms with Gasteiger partial charge in [0.1, 0.15) is 0 Å². The first-order valence-corrected chi connectivity index (χ1v) is 7.59. The molecule has 3 atom stereocenters. The lowest BCUT2D eigenvalue weighted by atomic mass is 9.79. The fourth-order valence-corrected chi connectivity index (χ4v) is 3.07. The molecule has 0 radical (unpaired) electrons. The third-order valence-corrected chi connectivity index (χ3v) is 4.27. The van der Waals surface area contributed by atoms with Crippen LogP contribution in [-0.4, -0.2) is 42.4 Å². The molecule has 3 heteroatoms. The molecule has 0 heterocycles. The SMILES string of the molecule is CC(C)OCCN(C)C1CC(C)c2ccccc2C1O. The van der Waals surface area contributed by atoms with Crippen molar-refractivity contribution in [1.82, 2.24) is 4.90 Å². The Labute approximate surface area is 122 Å². The predicted octanol–water partition coefficient (Wildman–Crippen LogP) is 2.95. The van der Waals surface area contributed by atoms with Gasteiger partial charge in [0, 0.05) is 12.6 Å². The lowest BCUT2D eigenvalue weighted by Gasteiger charge is -2.39. The summed E-state index contributed by atoms with van der Waals surface area (Å²) < 4.78 is 5.61. The van der Waals surface area contributed by atoms with Gasteiger partial charge in [-0.1, -0.05) is 31.2 Å². The van der Waals surface area contributed by atoms with E-state index in [-0.39, 0.29) is 12.1 Å². The molecule has 0 spiro atoms. The molecular weight excluding hydrogens is 250 g/mol. The van der Waals surface area contributed by atoms with Crippen LogP contribution in [0.3, 0.4) is 0 Å². The number of ether oxygens (including phenoxy) is 1. The molecule has 0 amide bonds. The smallest absolute Gasteiger partial charge is 0.0948 e. The fourth-order valence-electron chi connectivity index (χ4n) is 3.07. The maximum atomic E-state index is 10.6. The molecule has 3 unspecified atom stereocenters. The largest absolute Gasteiger partial charge is 0.387 e. The molecule has 0 saturated carbocycles. The van der Waals surface area contributed by atoms with E-state index >= 15 is 0 Å². The summed E-state index contributed by atoms with van der Waals surface area (Å²) in [6.45, 7) is 7.92. The summed E-state index contributed by atoms with van der Waals surface area (Å²) in [4.78, 5) is 2.24. The summed E-state index contributed by atoms with van der Waals surface area (Å²) in [6, 6.07) is 8.44. The molecule has 1 aliphatic rings. The number of fused-ring (bicyclic) bond motifs is 1. The van der Waals surface area contributed by atoms with Crippen molar-refractivity contribution in [3.8, 4) is 0 Å². The molecule has 1 aromatic carbocycles. The van der Waals surface area contributed by atoms with Crippen LogP contribution < -0.4 is 0 Å². The maximum absolute atomic E-state index is 10.6. The molecule has 20 heavy (non-hydrogen) atoms. The van der Waals surface area contributed by atoms with E-state index in [1.807, 2.05) is 19.9 Å². The van der Waals surface area contributed by atoms with E-state index < -0.39 is 6.10 Å². The van der Waals surface area contributed by atoms with E-state index in [9.17, 15) is 5.11 Å². The van der Waals surface area contributed by atoms with Crippen molar-refractivity contribution in [3.05, 3.63) is 35.4 Å². The van der Waals surface area contributed by atoms with Gasteiger partial charge in [-0.3, -0.25) is 4.90 Å². The van der Waals surface area contributed by atoms with Gasteiger partial charge < -0.3 is 9.84 Å². The van der Waals surface area contributed by atoms with Crippen LogP contribution in [0.25, 0.3) is 0 Å². The number of likely N-dealkylation sites (N-methyl/N-ethyl adjacent to an activating group) is 1.